The van der Waals surface area contributed by atoms with Gasteiger partial charge < -0.3 is 9.64 Å². The Morgan fingerprint density at radius 2 is 1.83 bits per heavy atom. The number of ketones is 1. The molecule has 0 atom stereocenters. The summed E-state index contributed by atoms with van der Waals surface area (Å²) in [7, 11) is -2.16. The third-order valence-electron chi connectivity index (χ3n) is 4.88. The van der Waals surface area contributed by atoms with Crippen molar-refractivity contribution in [3.63, 3.8) is 0 Å². The zero-order valence-electron chi connectivity index (χ0n) is 16.5. The van der Waals surface area contributed by atoms with Crippen LogP contribution in [0.1, 0.15) is 35.7 Å². The number of amides is 1. The van der Waals surface area contributed by atoms with Crippen molar-refractivity contribution >= 4 is 27.4 Å². The molecule has 1 heterocycles. The van der Waals surface area contributed by atoms with Gasteiger partial charge in [-0.15, -0.1) is 0 Å². The van der Waals surface area contributed by atoms with Gasteiger partial charge in [0.1, 0.15) is 5.75 Å². The first-order valence-electron chi connectivity index (χ1n) is 9.48. The van der Waals surface area contributed by atoms with Crippen molar-refractivity contribution in [3.8, 4) is 5.75 Å². The summed E-state index contributed by atoms with van der Waals surface area (Å²) in [4.78, 5) is 26.8. The predicted octanol–water partition coefficient (Wildman–Crippen LogP) is 2.55. The topological polar surface area (TPSA) is 92.8 Å². The van der Waals surface area contributed by atoms with Gasteiger partial charge in [0.2, 0.25) is 15.9 Å². The zero-order chi connectivity index (χ0) is 21.0. The lowest BCUT2D eigenvalue weighted by Gasteiger charge is -2.17. The number of sulfonamides is 1. The van der Waals surface area contributed by atoms with Gasteiger partial charge in [-0.1, -0.05) is 0 Å². The number of carbonyl (C=O) groups is 2. The fourth-order valence-corrected chi connectivity index (χ4v) is 4.11. The Morgan fingerprint density at radius 1 is 1.10 bits per heavy atom. The number of fused-ring (bicyclic) bond motifs is 1. The van der Waals surface area contributed by atoms with E-state index in [2.05, 4.69) is 4.72 Å². The van der Waals surface area contributed by atoms with Crippen molar-refractivity contribution in [1.29, 1.82) is 0 Å². The molecular formula is C21H24N2O5S. The van der Waals surface area contributed by atoms with Gasteiger partial charge in [0, 0.05) is 30.6 Å². The summed E-state index contributed by atoms with van der Waals surface area (Å²) < 4.78 is 31.5. The van der Waals surface area contributed by atoms with E-state index in [1.54, 1.807) is 41.3 Å². The average molecular weight is 416 g/mol. The highest BCUT2D eigenvalue weighted by Crippen LogP contribution is 2.31. The van der Waals surface area contributed by atoms with Crippen LogP contribution in [-0.2, 0) is 21.2 Å². The van der Waals surface area contributed by atoms with Crippen LogP contribution in [0.15, 0.2) is 47.4 Å². The molecule has 3 rings (SSSR count). The molecule has 2 aromatic carbocycles. The van der Waals surface area contributed by atoms with E-state index >= 15 is 0 Å². The number of nitrogens with one attached hydrogen (secondary N) is 1. The summed E-state index contributed by atoms with van der Waals surface area (Å²) in [5, 5.41) is 0. The second-order valence-electron chi connectivity index (χ2n) is 6.67. The fraction of sp³-hybridized carbons (Fsp3) is 0.333. The summed E-state index contributed by atoms with van der Waals surface area (Å²) >= 11 is 0. The van der Waals surface area contributed by atoms with E-state index in [1.807, 2.05) is 6.92 Å². The highest BCUT2D eigenvalue weighted by atomic mass is 32.2. The molecule has 8 heteroatoms. The summed E-state index contributed by atoms with van der Waals surface area (Å²) in [6.07, 6.45) is 0.800. The lowest BCUT2D eigenvalue weighted by atomic mass is 10.1. The van der Waals surface area contributed by atoms with Crippen molar-refractivity contribution in [2.24, 2.45) is 0 Å². The molecule has 0 saturated carbocycles. The molecule has 7 nitrogen and oxygen atoms in total. The van der Waals surface area contributed by atoms with Crippen LogP contribution in [0.5, 0.6) is 5.75 Å². The highest BCUT2D eigenvalue weighted by molar-refractivity contribution is 7.89. The van der Waals surface area contributed by atoms with E-state index in [1.165, 1.54) is 13.1 Å². The molecule has 1 N–H and O–H groups in total. The lowest BCUT2D eigenvalue weighted by molar-refractivity contribution is -0.118. The van der Waals surface area contributed by atoms with Crippen LogP contribution >= 0.6 is 0 Å². The number of benzene rings is 2. The maximum Gasteiger partial charge on any atom is 0.240 e. The molecule has 154 valence electrons. The largest absolute Gasteiger partial charge is 0.494 e. The van der Waals surface area contributed by atoms with E-state index in [0.717, 1.165) is 5.56 Å². The zero-order valence-corrected chi connectivity index (χ0v) is 17.3. The molecule has 2 aromatic rings. The smallest absolute Gasteiger partial charge is 0.240 e. The number of Topliss-reactive ketones (excluding diaryl/α,β-unsaturated/α-hetero) is 1. The Hall–Kier alpha value is -2.71. The molecule has 1 amide bonds. The van der Waals surface area contributed by atoms with Gasteiger partial charge in [-0.05, 0) is 68.4 Å². The summed E-state index contributed by atoms with van der Waals surface area (Å²) in [6, 6.07) is 11.6. The van der Waals surface area contributed by atoms with Crippen LogP contribution in [0.4, 0.5) is 5.69 Å². The molecule has 0 unspecified atom stereocenters. The molecule has 0 bridgehead atoms. The minimum atomic E-state index is -3.52. The van der Waals surface area contributed by atoms with Crippen molar-refractivity contribution in [3.05, 3.63) is 53.6 Å². The van der Waals surface area contributed by atoms with Crippen LogP contribution in [0.25, 0.3) is 0 Å². The molecule has 0 fully saturated rings. The van der Waals surface area contributed by atoms with Crippen molar-refractivity contribution in [1.82, 2.24) is 4.72 Å². The molecule has 29 heavy (non-hydrogen) atoms. The molecule has 0 aliphatic carbocycles. The summed E-state index contributed by atoms with van der Waals surface area (Å²) in [5.41, 5.74) is 2.07. The van der Waals surface area contributed by atoms with Gasteiger partial charge in [0.15, 0.2) is 5.78 Å². The molecule has 0 saturated heterocycles. The maximum absolute atomic E-state index is 12.6. The van der Waals surface area contributed by atoms with E-state index in [-0.39, 0.29) is 29.4 Å². The number of ether oxygens (including phenoxy) is 1. The number of nitrogens with zero attached hydrogens (tertiary/aromatic N) is 1. The van der Waals surface area contributed by atoms with Gasteiger partial charge in [-0.3, -0.25) is 9.59 Å². The van der Waals surface area contributed by atoms with Crippen LogP contribution in [0, 0.1) is 0 Å². The molecular weight excluding hydrogens is 392 g/mol. The molecule has 1 aliphatic rings. The normalized spacial score (nSPS) is 13.2. The van der Waals surface area contributed by atoms with Gasteiger partial charge in [-0.2, -0.15) is 0 Å². The number of carbonyl (C=O) groups excluding carboxylic acids is 2. The van der Waals surface area contributed by atoms with Crippen LogP contribution < -0.4 is 14.4 Å². The highest BCUT2D eigenvalue weighted by Gasteiger charge is 2.26. The molecule has 1 aliphatic heterocycles. The molecule has 0 aromatic heterocycles. The molecule has 0 radical (unpaired) electrons. The quantitative estimate of drug-likeness (QED) is 0.668. The first-order valence-corrected chi connectivity index (χ1v) is 11.0. The summed E-state index contributed by atoms with van der Waals surface area (Å²) in [5.74, 6) is 0.456. The van der Waals surface area contributed by atoms with Gasteiger partial charge in [-0.25, -0.2) is 13.1 Å². The van der Waals surface area contributed by atoms with Crippen molar-refractivity contribution < 1.29 is 22.7 Å². The lowest BCUT2D eigenvalue weighted by Crippen LogP contribution is -2.29. The number of anilines is 1. The first-order chi connectivity index (χ1) is 13.9. The Bertz CT molecular complexity index is 1020. The van der Waals surface area contributed by atoms with E-state index < -0.39 is 10.0 Å². The number of hydrogen-bond donors (Lipinski definition) is 1. The second kappa shape index (κ2) is 8.75. The van der Waals surface area contributed by atoms with Crippen LogP contribution in [0.2, 0.25) is 0 Å². The minimum absolute atomic E-state index is 0.0993. The Morgan fingerprint density at radius 3 is 2.48 bits per heavy atom. The molecule has 0 spiro atoms. The van der Waals surface area contributed by atoms with Crippen LogP contribution in [0.3, 0.4) is 0 Å². The predicted molar refractivity (Wildman–Crippen MR) is 110 cm³/mol. The first kappa shape index (κ1) is 21.0. The van der Waals surface area contributed by atoms with Crippen LogP contribution in [-0.4, -0.2) is 40.3 Å². The Kier molecular flexibility index (Phi) is 6.34. The average Bonchev–Trinajstić information content (AvgIpc) is 3.16. The van der Waals surface area contributed by atoms with E-state index in [0.29, 0.717) is 36.6 Å². The third-order valence-corrected chi connectivity index (χ3v) is 6.29. The van der Waals surface area contributed by atoms with Crippen molar-refractivity contribution in [2.45, 2.75) is 31.1 Å². The standard InChI is InChI=1S/C21H24N2O5S/c1-3-28-17-6-4-15(5-7-17)20(24)10-11-21(25)23-13-12-16-14-18(8-9-19(16)23)29(26,27)22-2/h4-9,14,22H,3,10-13H2,1-2H3. The fourth-order valence-electron chi connectivity index (χ4n) is 3.33. The summed E-state index contributed by atoms with van der Waals surface area (Å²) in [6.45, 7) is 2.93. The maximum atomic E-state index is 12.6. The second-order valence-corrected chi connectivity index (χ2v) is 8.56. The Labute approximate surface area is 170 Å². The van der Waals surface area contributed by atoms with E-state index in [9.17, 15) is 18.0 Å². The SMILES string of the molecule is CCOc1ccc(C(=O)CCC(=O)N2CCc3cc(S(=O)(=O)NC)ccc32)cc1. The Balaban J connectivity index is 1.63. The van der Waals surface area contributed by atoms with Gasteiger partial charge in [0.05, 0.1) is 11.5 Å². The third kappa shape index (κ3) is 4.65. The number of hydrogen-bond acceptors (Lipinski definition) is 5. The van der Waals surface area contributed by atoms with Gasteiger partial charge >= 0.3 is 0 Å². The number of rotatable bonds is 8. The van der Waals surface area contributed by atoms with Gasteiger partial charge in [0.25, 0.3) is 0 Å². The van der Waals surface area contributed by atoms with Crippen molar-refractivity contribution in [2.75, 3.05) is 25.1 Å². The monoisotopic (exact) mass is 416 g/mol. The minimum Gasteiger partial charge on any atom is -0.494 e. The van der Waals surface area contributed by atoms with E-state index in [4.69, 9.17) is 4.74 Å².